The Morgan fingerprint density at radius 1 is 1.20 bits per heavy atom. The summed E-state index contributed by atoms with van der Waals surface area (Å²) in [6, 6.07) is 0.000845. The van der Waals surface area contributed by atoms with Gasteiger partial charge in [-0.3, -0.25) is 0 Å². The van der Waals surface area contributed by atoms with E-state index in [-0.39, 0.29) is 12.3 Å². The maximum atomic E-state index is 9.71. The Balaban J connectivity index is 3.87. The van der Waals surface area contributed by atoms with Crippen molar-refractivity contribution in [1.29, 1.82) is 0 Å². The third-order valence-corrected chi connectivity index (χ3v) is 2.36. The van der Waals surface area contributed by atoms with Crippen LogP contribution in [0.3, 0.4) is 0 Å². The smallest absolute Gasteiger partial charge is 0.169 e. The molecule has 0 spiro atoms. The molecular weight excluding hydrogens is 194 g/mol. The predicted octanol–water partition coefficient (Wildman–Crippen LogP) is 1.13. The summed E-state index contributed by atoms with van der Waals surface area (Å²) in [6.07, 6.45) is -0.232. The highest BCUT2D eigenvalue weighted by Gasteiger charge is 2.22. The van der Waals surface area contributed by atoms with Gasteiger partial charge in [-0.15, -0.1) is 0 Å². The highest BCUT2D eigenvalue weighted by atomic mass is 16.7. The van der Waals surface area contributed by atoms with E-state index >= 15 is 0 Å². The van der Waals surface area contributed by atoms with E-state index in [4.69, 9.17) is 9.47 Å². The topological polar surface area (TPSA) is 50.7 Å². The first kappa shape index (κ1) is 14.8. The molecule has 0 rings (SSSR count). The number of rotatable bonds is 8. The predicted molar refractivity (Wildman–Crippen MR) is 60.8 cm³/mol. The van der Waals surface area contributed by atoms with Crippen LogP contribution in [0, 0.1) is 0 Å². The van der Waals surface area contributed by atoms with Crippen molar-refractivity contribution in [2.75, 3.05) is 19.8 Å². The SMILES string of the molecule is CCOC(CNC(C)C(C)(C)O)OCC. The minimum Gasteiger partial charge on any atom is -0.389 e. The quantitative estimate of drug-likeness (QED) is 0.601. The summed E-state index contributed by atoms with van der Waals surface area (Å²) in [5.74, 6) is 0. The van der Waals surface area contributed by atoms with Gasteiger partial charge in [0.05, 0.1) is 5.60 Å². The van der Waals surface area contributed by atoms with E-state index < -0.39 is 5.60 Å². The van der Waals surface area contributed by atoms with Gasteiger partial charge in [-0.2, -0.15) is 0 Å². The molecule has 0 aliphatic heterocycles. The van der Waals surface area contributed by atoms with Crippen molar-refractivity contribution in [3.63, 3.8) is 0 Å². The third kappa shape index (κ3) is 6.84. The largest absolute Gasteiger partial charge is 0.389 e. The normalized spacial score (nSPS) is 14.6. The average molecular weight is 219 g/mol. The van der Waals surface area contributed by atoms with Crippen LogP contribution in [-0.4, -0.2) is 42.8 Å². The van der Waals surface area contributed by atoms with Crippen molar-refractivity contribution >= 4 is 0 Å². The van der Waals surface area contributed by atoms with Gasteiger partial charge in [-0.05, 0) is 34.6 Å². The molecule has 0 fully saturated rings. The van der Waals surface area contributed by atoms with Crippen LogP contribution in [0.4, 0.5) is 0 Å². The lowest BCUT2D eigenvalue weighted by atomic mass is 10.0. The molecule has 0 aromatic rings. The van der Waals surface area contributed by atoms with E-state index in [0.717, 1.165) is 0 Å². The molecule has 0 aromatic heterocycles. The highest BCUT2D eigenvalue weighted by Crippen LogP contribution is 2.07. The van der Waals surface area contributed by atoms with Crippen LogP contribution >= 0.6 is 0 Å². The number of ether oxygens (including phenoxy) is 2. The van der Waals surface area contributed by atoms with Crippen molar-refractivity contribution in [2.45, 2.75) is 52.6 Å². The van der Waals surface area contributed by atoms with Crippen LogP contribution in [0.1, 0.15) is 34.6 Å². The second kappa shape index (κ2) is 7.17. The fraction of sp³-hybridized carbons (Fsp3) is 1.00. The first-order chi connectivity index (χ1) is 6.91. The summed E-state index contributed by atoms with van der Waals surface area (Å²) in [5, 5.41) is 12.9. The molecule has 4 heteroatoms. The Labute approximate surface area is 93.0 Å². The number of hydrogen-bond acceptors (Lipinski definition) is 4. The zero-order valence-corrected chi connectivity index (χ0v) is 10.5. The van der Waals surface area contributed by atoms with Gasteiger partial charge in [0.1, 0.15) is 0 Å². The van der Waals surface area contributed by atoms with Gasteiger partial charge in [-0.1, -0.05) is 0 Å². The van der Waals surface area contributed by atoms with E-state index in [9.17, 15) is 5.11 Å². The highest BCUT2D eigenvalue weighted by molar-refractivity contribution is 4.79. The molecule has 0 aliphatic carbocycles. The van der Waals surface area contributed by atoms with E-state index in [2.05, 4.69) is 5.32 Å². The molecule has 1 unspecified atom stereocenters. The van der Waals surface area contributed by atoms with Crippen molar-refractivity contribution < 1.29 is 14.6 Å². The molecule has 0 radical (unpaired) electrons. The molecule has 1 atom stereocenters. The standard InChI is InChI=1S/C11H25NO3/c1-6-14-10(15-7-2)8-12-9(3)11(4,5)13/h9-10,12-13H,6-8H2,1-5H3. The van der Waals surface area contributed by atoms with Crippen LogP contribution in [0.25, 0.3) is 0 Å². The van der Waals surface area contributed by atoms with Gasteiger partial charge >= 0.3 is 0 Å². The van der Waals surface area contributed by atoms with Crippen molar-refractivity contribution in [1.82, 2.24) is 5.32 Å². The molecule has 15 heavy (non-hydrogen) atoms. The zero-order chi connectivity index (χ0) is 11.9. The Morgan fingerprint density at radius 3 is 2.00 bits per heavy atom. The van der Waals surface area contributed by atoms with E-state index in [1.807, 2.05) is 20.8 Å². The summed E-state index contributed by atoms with van der Waals surface area (Å²) in [4.78, 5) is 0. The van der Waals surface area contributed by atoms with Gasteiger partial charge in [0.15, 0.2) is 6.29 Å². The Hall–Kier alpha value is -0.160. The minimum atomic E-state index is -0.733. The Morgan fingerprint density at radius 2 is 1.67 bits per heavy atom. The number of aliphatic hydroxyl groups is 1. The monoisotopic (exact) mass is 219 g/mol. The first-order valence-electron chi connectivity index (χ1n) is 5.60. The van der Waals surface area contributed by atoms with Crippen LogP contribution in [0.2, 0.25) is 0 Å². The molecule has 0 heterocycles. The number of nitrogens with one attached hydrogen (secondary N) is 1. The van der Waals surface area contributed by atoms with Crippen molar-refractivity contribution in [3.8, 4) is 0 Å². The van der Waals surface area contributed by atoms with Gasteiger partial charge < -0.3 is 19.9 Å². The minimum absolute atomic E-state index is 0.000845. The average Bonchev–Trinajstić information content (AvgIpc) is 2.12. The molecule has 0 bridgehead atoms. The molecule has 4 nitrogen and oxygen atoms in total. The molecule has 0 saturated heterocycles. The molecular formula is C11H25NO3. The van der Waals surface area contributed by atoms with Crippen LogP contribution in [-0.2, 0) is 9.47 Å². The Bertz CT molecular complexity index is 150. The first-order valence-corrected chi connectivity index (χ1v) is 5.60. The fourth-order valence-electron chi connectivity index (χ4n) is 1.06. The summed E-state index contributed by atoms with van der Waals surface area (Å²) in [5.41, 5.74) is -0.733. The second-order valence-electron chi connectivity index (χ2n) is 4.12. The van der Waals surface area contributed by atoms with E-state index in [0.29, 0.717) is 19.8 Å². The second-order valence-corrected chi connectivity index (χ2v) is 4.12. The van der Waals surface area contributed by atoms with Gasteiger partial charge in [0, 0.05) is 25.8 Å². The van der Waals surface area contributed by atoms with Crippen LogP contribution in [0.5, 0.6) is 0 Å². The zero-order valence-electron chi connectivity index (χ0n) is 10.5. The molecule has 2 N–H and O–H groups in total. The van der Waals surface area contributed by atoms with Gasteiger partial charge in [0.2, 0.25) is 0 Å². The maximum Gasteiger partial charge on any atom is 0.169 e. The van der Waals surface area contributed by atoms with Gasteiger partial charge in [0.25, 0.3) is 0 Å². The van der Waals surface area contributed by atoms with E-state index in [1.54, 1.807) is 13.8 Å². The van der Waals surface area contributed by atoms with Gasteiger partial charge in [-0.25, -0.2) is 0 Å². The molecule has 0 aromatic carbocycles. The molecule has 92 valence electrons. The fourth-order valence-corrected chi connectivity index (χ4v) is 1.06. The lowest BCUT2D eigenvalue weighted by Gasteiger charge is -2.28. The summed E-state index contributed by atoms with van der Waals surface area (Å²) in [7, 11) is 0. The third-order valence-electron chi connectivity index (χ3n) is 2.36. The summed E-state index contributed by atoms with van der Waals surface area (Å²) in [6.45, 7) is 11.2. The summed E-state index contributed by atoms with van der Waals surface area (Å²) >= 11 is 0. The molecule has 0 saturated carbocycles. The van der Waals surface area contributed by atoms with Crippen molar-refractivity contribution in [2.24, 2.45) is 0 Å². The van der Waals surface area contributed by atoms with E-state index in [1.165, 1.54) is 0 Å². The van der Waals surface area contributed by atoms with Crippen molar-refractivity contribution in [3.05, 3.63) is 0 Å². The number of hydrogen-bond donors (Lipinski definition) is 2. The lowest BCUT2D eigenvalue weighted by Crippen LogP contribution is -2.47. The molecule has 0 amide bonds. The lowest BCUT2D eigenvalue weighted by molar-refractivity contribution is -0.135. The summed E-state index contributed by atoms with van der Waals surface area (Å²) < 4.78 is 10.8. The maximum absolute atomic E-state index is 9.71. The Kier molecular flexibility index (Phi) is 7.09. The molecule has 0 aliphatic rings. The van der Waals surface area contributed by atoms with Crippen LogP contribution < -0.4 is 5.32 Å². The van der Waals surface area contributed by atoms with Crippen LogP contribution in [0.15, 0.2) is 0 Å².